The van der Waals surface area contributed by atoms with Gasteiger partial charge >= 0.3 is 5.69 Å². The number of aliphatic hydroxyl groups excluding tert-OH is 1. The van der Waals surface area contributed by atoms with Gasteiger partial charge in [0.1, 0.15) is 11.9 Å². The molecule has 2 aromatic heterocycles. The van der Waals surface area contributed by atoms with Crippen LogP contribution in [0.1, 0.15) is 55.0 Å². The maximum absolute atomic E-state index is 13.2. The van der Waals surface area contributed by atoms with Gasteiger partial charge in [0, 0.05) is 48.6 Å². The number of fused-ring (bicyclic) bond motifs is 1. The molecule has 0 bridgehead atoms. The van der Waals surface area contributed by atoms with Gasteiger partial charge in [-0.1, -0.05) is 25.3 Å². The van der Waals surface area contributed by atoms with Gasteiger partial charge in [-0.05, 0) is 85.7 Å². The van der Waals surface area contributed by atoms with Crippen molar-refractivity contribution in [2.45, 2.75) is 62.0 Å². The van der Waals surface area contributed by atoms with Crippen LogP contribution in [0, 0.1) is 5.92 Å². The molecular weight excluding hydrogens is 566 g/mol. The van der Waals surface area contributed by atoms with Crippen molar-refractivity contribution >= 4 is 15.7 Å². The van der Waals surface area contributed by atoms with E-state index in [2.05, 4.69) is 20.0 Å². The first kappa shape index (κ1) is 29.2. The number of benzene rings is 2. The molecule has 2 aromatic carbocycles. The van der Waals surface area contributed by atoms with Crippen LogP contribution in [0.3, 0.4) is 0 Å². The van der Waals surface area contributed by atoms with Crippen LogP contribution >= 0.6 is 0 Å². The Morgan fingerprint density at radius 3 is 2.70 bits per heavy atom. The van der Waals surface area contributed by atoms with Crippen LogP contribution in [0.25, 0.3) is 5.69 Å². The van der Waals surface area contributed by atoms with Crippen LogP contribution in [-0.4, -0.2) is 47.3 Å². The fourth-order valence-corrected chi connectivity index (χ4v) is 6.72. The predicted molar refractivity (Wildman–Crippen MR) is 164 cm³/mol. The number of aromatic amines is 1. The number of rotatable bonds is 12. The number of sulfonamides is 1. The lowest BCUT2D eigenvalue weighted by atomic mass is 9.82. The molecule has 1 fully saturated rings. The minimum atomic E-state index is -3.83. The van der Waals surface area contributed by atoms with Gasteiger partial charge < -0.3 is 20.1 Å². The molecule has 2 aliphatic rings. The van der Waals surface area contributed by atoms with Gasteiger partial charge in [-0.25, -0.2) is 13.2 Å². The summed E-state index contributed by atoms with van der Waals surface area (Å²) < 4.78 is 36.7. The van der Waals surface area contributed by atoms with Crippen LogP contribution in [0.5, 0.6) is 5.75 Å². The summed E-state index contributed by atoms with van der Waals surface area (Å²) in [4.78, 5) is 19.6. The van der Waals surface area contributed by atoms with Crippen molar-refractivity contribution in [1.29, 1.82) is 0 Å². The van der Waals surface area contributed by atoms with Crippen LogP contribution in [0.2, 0.25) is 0 Å². The van der Waals surface area contributed by atoms with Crippen molar-refractivity contribution in [2.75, 3.05) is 17.8 Å². The molecule has 0 spiro atoms. The van der Waals surface area contributed by atoms with Crippen LogP contribution in [0.15, 0.2) is 82.9 Å². The number of H-pyrrole nitrogens is 1. The highest BCUT2D eigenvalue weighted by atomic mass is 32.2. The molecule has 2 atom stereocenters. The van der Waals surface area contributed by atoms with Gasteiger partial charge in [0.05, 0.1) is 16.7 Å². The van der Waals surface area contributed by atoms with Crippen molar-refractivity contribution in [2.24, 2.45) is 5.92 Å². The quantitative estimate of drug-likeness (QED) is 0.191. The Hall–Kier alpha value is -3.93. The molecule has 1 aliphatic carbocycles. The van der Waals surface area contributed by atoms with Gasteiger partial charge in [0.25, 0.3) is 10.0 Å². The van der Waals surface area contributed by atoms with E-state index in [1.54, 1.807) is 65.5 Å². The molecule has 0 radical (unpaired) electrons. The molecule has 1 saturated carbocycles. The Bertz CT molecular complexity index is 1700. The second-order valence-corrected chi connectivity index (χ2v) is 13.1. The predicted octanol–water partition coefficient (Wildman–Crippen LogP) is 4.11. The summed E-state index contributed by atoms with van der Waals surface area (Å²) >= 11 is 0. The van der Waals surface area contributed by atoms with E-state index in [1.807, 2.05) is 12.3 Å². The first-order valence-corrected chi connectivity index (χ1v) is 16.3. The highest BCUT2D eigenvalue weighted by Crippen LogP contribution is 2.31. The normalized spacial score (nSPS) is 17.5. The molecule has 43 heavy (non-hydrogen) atoms. The average molecular weight is 604 g/mol. The third kappa shape index (κ3) is 7.01. The summed E-state index contributed by atoms with van der Waals surface area (Å²) in [6, 6.07) is 15.3. The SMILES string of the molecule is O=c1[nH]c(CCC2CCC2)cn1-c1ccc(NS(=O)(=O)c2ccc3c(c2)CCC(CNCC(O)c2cccnc2)O3)cc1. The number of nitrogens with one attached hydrogen (secondary N) is 3. The molecule has 0 saturated heterocycles. The van der Waals surface area contributed by atoms with Crippen molar-refractivity contribution in [1.82, 2.24) is 19.9 Å². The number of ether oxygens (including phenoxy) is 1. The molecule has 2 unspecified atom stereocenters. The smallest absolute Gasteiger partial charge is 0.330 e. The third-order valence-electron chi connectivity index (χ3n) is 8.37. The maximum atomic E-state index is 13.2. The fraction of sp³-hybridized carbons (Fsp3) is 0.375. The maximum Gasteiger partial charge on any atom is 0.330 e. The number of aryl methyl sites for hydroxylation is 2. The molecule has 6 rings (SSSR count). The molecule has 4 N–H and O–H groups in total. The monoisotopic (exact) mass is 603 g/mol. The second-order valence-electron chi connectivity index (χ2n) is 11.5. The van der Waals surface area contributed by atoms with Crippen LogP contribution in [-0.2, 0) is 22.9 Å². The van der Waals surface area contributed by atoms with E-state index < -0.39 is 16.1 Å². The summed E-state index contributed by atoms with van der Waals surface area (Å²) in [5.41, 5.74) is 3.38. The zero-order valence-electron chi connectivity index (χ0n) is 23.9. The number of hydrogen-bond donors (Lipinski definition) is 4. The van der Waals surface area contributed by atoms with Crippen LogP contribution in [0.4, 0.5) is 5.69 Å². The largest absolute Gasteiger partial charge is 0.489 e. The average Bonchev–Trinajstić information content (AvgIpc) is 3.36. The number of imidazole rings is 1. The number of aliphatic hydroxyl groups is 1. The summed E-state index contributed by atoms with van der Waals surface area (Å²) in [5, 5.41) is 13.6. The lowest BCUT2D eigenvalue weighted by Gasteiger charge is -2.27. The molecule has 3 heterocycles. The molecule has 1 aliphatic heterocycles. The lowest BCUT2D eigenvalue weighted by Crippen LogP contribution is -2.36. The van der Waals surface area contributed by atoms with E-state index in [4.69, 9.17) is 4.74 Å². The van der Waals surface area contributed by atoms with E-state index in [9.17, 15) is 18.3 Å². The minimum absolute atomic E-state index is 0.0842. The molecule has 226 valence electrons. The van der Waals surface area contributed by atoms with E-state index in [1.165, 1.54) is 19.3 Å². The Balaban J connectivity index is 1.04. The number of aromatic nitrogens is 3. The standard InChI is InChI=1S/C32H37N5O5S/c38-30(24-5-2-16-33-18-24)20-34-19-28-13-7-23-17-29(14-15-31(23)42-28)43(40,41)36-25-9-11-27(12-10-25)37-21-26(35-32(37)39)8-6-22-3-1-4-22/h2,5,9-12,14-18,21-22,28,30,34,36,38H,1,3-4,6-8,13,19-20H2,(H,35,39). The van der Waals surface area contributed by atoms with E-state index in [0.717, 1.165) is 42.0 Å². The van der Waals surface area contributed by atoms with Crippen molar-refractivity contribution in [3.8, 4) is 11.4 Å². The van der Waals surface area contributed by atoms with Gasteiger partial charge in [-0.15, -0.1) is 0 Å². The number of pyridine rings is 1. The van der Waals surface area contributed by atoms with Gasteiger partial charge in [0.15, 0.2) is 0 Å². The zero-order chi connectivity index (χ0) is 29.8. The Morgan fingerprint density at radius 1 is 1.12 bits per heavy atom. The van der Waals surface area contributed by atoms with Gasteiger partial charge in [-0.3, -0.25) is 14.3 Å². The molecule has 0 amide bonds. The lowest BCUT2D eigenvalue weighted by molar-refractivity contribution is 0.146. The van der Waals surface area contributed by atoms with Crippen molar-refractivity contribution in [3.05, 3.63) is 100 Å². The van der Waals surface area contributed by atoms with E-state index >= 15 is 0 Å². The van der Waals surface area contributed by atoms with Crippen molar-refractivity contribution in [3.63, 3.8) is 0 Å². The number of hydrogen-bond acceptors (Lipinski definition) is 7. The van der Waals surface area contributed by atoms with E-state index in [0.29, 0.717) is 36.6 Å². The summed E-state index contributed by atoms with van der Waals surface area (Å²) in [6.07, 6.45) is 11.6. The molecule has 11 heteroatoms. The van der Waals surface area contributed by atoms with Gasteiger partial charge in [-0.2, -0.15) is 0 Å². The zero-order valence-corrected chi connectivity index (χ0v) is 24.7. The van der Waals surface area contributed by atoms with E-state index in [-0.39, 0.29) is 16.7 Å². The van der Waals surface area contributed by atoms with Crippen molar-refractivity contribution < 1.29 is 18.3 Å². The summed E-state index contributed by atoms with van der Waals surface area (Å²) in [6.45, 7) is 0.941. The fourth-order valence-electron chi connectivity index (χ4n) is 5.61. The Morgan fingerprint density at radius 2 is 1.95 bits per heavy atom. The molecule has 4 aromatic rings. The second kappa shape index (κ2) is 12.7. The molecular formula is C32H37N5O5S. The summed E-state index contributed by atoms with van der Waals surface area (Å²) in [7, 11) is -3.83. The topological polar surface area (TPSA) is 138 Å². The summed E-state index contributed by atoms with van der Waals surface area (Å²) in [5.74, 6) is 1.43. The Labute approximate surface area is 251 Å². The number of anilines is 1. The first-order chi connectivity index (χ1) is 20.8. The van der Waals surface area contributed by atoms with Crippen LogP contribution < -0.4 is 20.5 Å². The Kier molecular flexibility index (Phi) is 8.64. The highest BCUT2D eigenvalue weighted by molar-refractivity contribution is 7.92. The first-order valence-electron chi connectivity index (χ1n) is 14.9. The third-order valence-corrected chi connectivity index (χ3v) is 9.74. The number of nitrogens with zero attached hydrogens (tertiary/aromatic N) is 2. The minimum Gasteiger partial charge on any atom is -0.489 e. The molecule has 10 nitrogen and oxygen atoms in total. The van der Waals surface area contributed by atoms with Gasteiger partial charge in [0.2, 0.25) is 0 Å². The highest BCUT2D eigenvalue weighted by Gasteiger charge is 2.23.